The van der Waals surface area contributed by atoms with Crippen molar-refractivity contribution >= 4 is 22.3 Å². The van der Waals surface area contributed by atoms with Gasteiger partial charge in [-0.05, 0) is 49.2 Å². The summed E-state index contributed by atoms with van der Waals surface area (Å²) in [4.78, 5) is 9.54. The second-order valence-electron chi connectivity index (χ2n) is 10.5. The quantitative estimate of drug-likeness (QED) is 0.275. The van der Waals surface area contributed by atoms with Gasteiger partial charge in [-0.15, -0.1) is 0 Å². The van der Waals surface area contributed by atoms with E-state index in [0.717, 1.165) is 61.3 Å². The van der Waals surface area contributed by atoms with Gasteiger partial charge in [0.2, 0.25) is 0 Å². The Kier molecular flexibility index (Phi) is 6.91. The van der Waals surface area contributed by atoms with Crippen LogP contribution in [0.25, 0.3) is 10.9 Å². The molecular formula is C31H31F3N4O. The minimum Gasteiger partial charge on any atom is -0.490 e. The molecule has 2 aliphatic rings. The number of anilines is 2. The topological polar surface area (TPSA) is 40.6 Å². The lowest BCUT2D eigenvalue weighted by molar-refractivity contribution is -0.137. The minimum absolute atomic E-state index is 0.289. The van der Waals surface area contributed by atoms with E-state index in [4.69, 9.17) is 4.74 Å². The van der Waals surface area contributed by atoms with Gasteiger partial charge in [-0.2, -0.15) is 13.2 Å². The Balaban J connectivity index is 1.14. The van der Waals surface area contributed by atoms with Crippen LogP contribution in [0.4, 0.5) is 24.5 Å². The van der Waals surface area contributed by atoms with Crippen molar-refractivity contribution in [3.8, 4) is 5.75 Å². The molecule has 0 saturated carbocycles. The molecule has 0 amide bonds. The van der Waals surface area contributed by atoms with Gasteiger partial charge in [-0.25, -0.2) is 0 Å². The maximum absolute atomic E-state index is 13.6. The first-order valence-corrected chi connectivity index (χ1v) is 13.3. The van der Waals surface area contributed by atoms with Crippen molar-refractivity contribution in [2.75, 3.05) is 31.6 Å². The third kappa shape index (κ3) is 5.58. The number of hydrogen-bond acceptors (Lipinski definition) is 5. The third-order valence-electron chi connectivity index (χ3n) is 7.75. The minimum atomic E-state index is -4.45. The second-order valence-corrected chi connectivity index (χ2v) is 10.5. The van der Waals surface area contributed by atoms with Crippen LogP contribution < -0.4 is 10.1 Å². The monoisotopic (exact) mass is 532 g/mol. The molecule has 8 heteroatoms. The van der Waals surface area contributed by atoms with Crippen molar-refractivity contribution in [1.29, 1.82) is 0 Å². The Morgan fingerprint density at radius 1 is 0.897 bits per heavy atom. The van der Waals surface area contributed by atoms with E-state index in [0.29, 0.717) is 30.1 Å². The number of nitrogens with one attached hydrogen (secondary N) is 1. The van der Waals surface area contributed by atoms with Crippen molar-refractivity contribution in [3.63, 3.8) is 0 Å². The Bertz CT molecular complexity index is 1460. The van der Waals surface area contributed by atoms with Crippen molar-refractivity contribution in [3.05, 3.63) is 95.7 Å². The Labute approximate surface area is 226 Å². The predicted molar refractivity (Wildman–Crippen MR) is 147 cm³/mol. The molecule has 39 heavy (non-hydrogen) atoms. The third-order valence-corrected chi connectivity index (χ3v) is 7.75. The van der Waals surface area contributed by atoms with E-state index in [1.807, 2.05) is 43.3 Å². The highest BCUT2D eigenvalue weighted by Gasteiger charge is 2.42. The Morgan fingerprint density at radius 2 is 1.64 bits per heavy atom. The summed E-state index contributed by atoms with van der Waals surface area (Å²) in [6, 6.07) is 24.6. The van der Waals surface area contributed by atoms with Crippen LogP contribution in [0, 0.1) is 6.92 Å². The number of rotatable bonds is 8. The molecule has 202 valence electrons. The number of aromatic nitrogens is 1. The summed E-state index contributed by atoms with van der Waals surface area (Å²) in [5.74, 6) is 0.400. The summed E-state index contributed by atoms with van der Waals surface area (Å²) < 4.78 is 46.8. The summed E-state index contributed by atoms with van der Waals surface area (Å²) in [6.07, 6.45) is -3.31. The molecule has 5 nitrogen and oxygen atoms in total. The Morgan fingerprint density at radius 3 is 2.41 bits per heavy atom. The zero-order chi connectivity index (χ0) is 27.0. The van der Waals surface area contributed by atoms with Gasteiger partial charge in [0.1, 0.15) is 12.4 Å². The highest BCUT2D eigenvalue weighted by atomic mass is 19.4. The molecule has 2 atom stereocenters. The number of benzene rings is 3. The van der Waals surface area contributed by atoms with E-state index in [2.05, 4.69) is 44.4 Å². The number of halogens is 3. The fraction of sp³-hybridized carbons (Fsp3) is 0.323. The number of fused-ring (bicyclic) bond motifs is 3. The zero-order valence-corrected chi connectivity index (χ0v) is 21.8. The van der Waals surface area contributed by atoms with Gasteiger partial charge in [0.15, 0.2) is 0 Å². The van der Waals surface area contributed by atoms with E-state index in [9.17, 15) is 13.2 Å². The SMILES string of the molecule is Cc1cc(Nc2cc(C(F)(F)F)ccc2OCCN2CC3CC2CN3Cc2ccccc2)c2ccccc2n1. The molecule has 2 saturated heterocycles. The van der Waals surface area contributed by atoms with E-state index in [1.165, 1.54) is 11.6 Å². The standard InChI is InChI=1S/C31H31F3N4O/c1-21-15-28(26-9-5-6-10-27(26)35-21)36-29-16-23(31(32,33)34)11-12-30(29)39-14-13-37-19-25-17-24(37)20-38(25)18-22-7-3-2-4-8-22/h2-12,15-16,24-25H,13-14,17-20H2,1H3,(H,35,36). The van der Waals surface area contributed by atoms with Crippen LogP contribution in [0.1, 0.15) is 23.2 Å². The first kappa shape index (κ1) is 25.6. The van der Waals surface area contributed by atoms with Gasteiger partial charge in [-0.1, -0.05) is 48.5 Å². The fourth-order valence-electron chi connectivity index (χ4n) is 5.88. The number of aryl methyl sites for hydroxylation is 1. The maximum atomic E-state index is 13.6. The van der Waals surface area contributed by atoms with Crippen molar-refractivity contribution in [2.45, 2.75) is 38.1 Å². The van der Waals surface area contributed by atoms with Gasteiger partial charge in [0, 0.05) is 55.0 Å². The van der Waals surface area contributed by atoms with Crippen LogP contribution in [-0.2, 0) is 12.7 Å². The van der Waals surface area contributed by atoms with Crippen LogP contribution in [0.3, 0.4) is 0 Å². The smallest absolute Gasteiger partial charge is 0.416 e. The number of likely N-dealkylation sites (tertiary alicyclic amines) is 2. The number of piperazine rings is 1. The lowest BCUT2D eigenvalue weighted by atomic mass is 10.1. The van der Waals surface area contributed by atoms with E-state index in [1.54, 1.807) is 0 Å². The average Bonchev–Trinajstić information content (AvgIpc) is 3.49. The summed E-state index contributed by atoms with van der Waals surface area (Å²) in [5, 5.41) is 4.05. The molecule has 3 heterocycles. The predicted octanol–water partition coefficient (Wildman–Crippen LogP) is 6.64. The van der Waals surface area contributed by atoms with Crippen LogP contribution in [0.5, 0.6) is 5.75 Å². The van der Waals surface area contributed by atoms with Crippen LogP contribution in [0.15, 0.2) is 78.9 Å². The zero-order valence-electron chi connectivity index (χ0n) is 21.8. The largest absolute Gasteiger partial charge is 0.490 e. The summed E-state index contributed by atoms with van der Waals surface area (Å²) >= 11 is 0. The molecule has 4 aromatic rings. The maximum Gasteiger partial charge on any atom is 0.416 e. The lowest BCUT2D eigenvalue weighted by Gasteiger charge is -2.34. The fourth-order valence-corrected chi connectivity index (χ4v) is 5.88. The molecule has 0 radical (unpaired) electrons. The van der Waals surface area contributed by atoms with Gasteiger partial charge in [0.05, 0.1) is 16.8 Å². The normalized spacial score (nSPS) is 19.6. The molecular weight excluding hydrogens is 501 g/mol. The van der Waals surface area contributed by atoms with Crippen molar-refractivity contribution in [2.24, 2.45) is 0 Å². The molecule has 0 spiro atoms. The number of pyridine rings is 1. The molecule has 2 aliphatic heterocycles. The summed E-state index contributed by atoms with van der Waals surface area (Å²) in [5.41, 5.74) is 3.15. The highest BCUT2D eigenvalue weighted by Crippen LogP contribution is 2.38. The van der Waals surface area contributed by atoms with Gasteiger partial charge in [-0.3, -0.25) is 14.8 Å². The van der Waals surface area contributed by atoms with Crippen LogP contribution in [-0.4, -0.2) is 53.1 Å². The summed E-state index contributed by atoms with van der Waals surface area (Å²) in [7, 11) is 0. The van der Waals surface area contributed by atoms with Gasteiger partial charge < -0.3 is 10.1 Å². The van der Waals surface area contributed by atoms with Crippen LogP contribution >= 0.6 is 0 Å². The number of nitrogens with zero attached hydrogens (tertiary/aromatic N) is 3. The lowest BCUT2D eigenvalue weighted by Crippen LogP contribution is -2.47. The molecule has 2 fully saturated rings. The molecule has 6 rings (SSSR count). The van der Waals surface area contributed by atoms with E-state index < -0.39 is 11.7 Å². The van der Waals surface area contributed by atoms with Crippen LogP contribution in [0.2, 0.25) is 0 Å². The summed E-state index contributed by atoms with van der Waals surface area (Å²) in [6.45, 7) is 5.99. The average molecular weight is 533 g/mol. The molecule has 1 aromatic heterocycles. The number of alkyl halides is 3. The van der Waals surface area contributed by atoms with E-state index in [-0.39, 0.29) is 5.69 Å². The van der Waals surface area contributed by atoms with Gasteiger partial charge >= 0.3 is 6.18 Å². The number of hydrogen-bond donors (Lipinski definition) is 1. The molecule has 3 aromatic carbocycles. The van der Waals surface area contributed by atoms with Crippen molar-refractivity contribution < 1.29 is 17.9 Å². The first-order valence-electron chi connectivity index (χ1n) is 13.3. The molecule has 0 aliphatic carbocycles. The van der Waals surface area contributed by atoms with Crippen molar-refractivity contribution in [1.82, 2.24) is 14.8 Å². The Hall–Kier alpha value is -3.62. The van der Waals surface area contributed by atoms with E-state index >= 15 is 0 Å². The molecule has 2 unspecified atom stereocenters. The second kappa shape index (κ2) is 10.5. The number of ether oxygens (including phenoxy) is 1. The highest BCUT2D eigenvalue weighted by molar-refractivity contribution is 5.93. The molecule has 2 bridgehead atoms. The van der Waals surface area contributed by atoms with Gasteiger partial charge in [0.25, 0.3) is 0 Å². The first-order chi connectivity index (χ1) is 18.8. The molecule has 1 N–H and O–H groups in total. The number of para-hydroxylation sites is 1.